The van der Waals surface area contributed by atoms with Gasteiger partial charge >= 0.3 is 0 Å². The Bertz CT molecular complexity index is 154. The van der Waals surface area contributed by atoms with Gasteiger partial charge in [0.1, 0.15) is 6.17 Å². The van der Waals surface area contributed by atoms with E-state index in [0.717, 1.165) is 0 Å². The average Bonchev–Trinajstić information content (AvgIpc) is 1.98. The summed E-state index contributed by atoms with van der Waals surface area (Å²) in [7, 11) is -1.84. The van der Waals surface area contributed by atoms with Crippen LogP contribution in [-0.2, 0) is 4.43 Å². The van der Waals surface area contributed by atoms with Crippen LogP contribution in [0.4, 0.5) is 4.39 Å². The zero-order valence-electron chi connectivity index (χ0n) is 9.22. The first kappa shape index (κ1) is 13.1. The second-order valence-electron chi connectivity index (χ2n) is 4.85. The van der Waals surface area contributed by atoms with Crippen molar-refractivity contribution in [2.45, 2.75) is 45.1 Å². The maximum absolute atomic E-state index is 12.7. The van der Waals surface area contributed by atoms with Crippen molar-refractivity contribution in [2.24, 2.45) is 0 Å². The Morgan fingerprint density at radius 2 is 1.85 bits per heavy atom. The first-order valence-electron chi connectivity index (χ1n) is 4.59. The molecule has 0 aliphatic heterocycles. The summed E-state index contributed by atoms with van der Waals surface area (Å²) >= 11 is 0. The van der Waals surface area contributed by atoms with E-state index >= 15 is 0 Å². The van der Waals surface area contributed by atoms with E-state index < -0.39 is 21.1 Å². The quantitative estimate of drug-likeness (QED) is 0.719. The second-order valence-corrected chi connectivity index (χ2v) is 9.66. The van der Waals surface area contributed by atoms with E-state index in [-0.39, 0.29) is 11.6 Å². The second kappa shape index (κ2) is 4.53. The highest BCUT2D eigenvalue weighted by Crippen LogP contribution is 2.36. The van der Waals surface area contributed by atoms with Crippen LogP contribution in [0, 0.1) is 0 Å². The van der Waals surface area contributed by atoms with Gasteiger partial charge in [-0.05, 0) is 18.1 Å². The molecule has 0 rings (SSSR count). The Morgan fingerprint density at radius 3 is 2.15 bits per heavy atom. The molecule has 1 atom stereocenters. The molecule has 0 amide bonds. The van der Waals surface area contributed by atoms with Crippen molar-refractivity contribution in [2.75, 3.05) is 13.2 Å². The summed E-state index contributed by atoms with van der Waals surface area (Å²) in [6.07, 6.45) is -1.24. The van der Waals surface area contributed by atoms with Crippen LogP contribution in [0.5, 0.6) is 0 Å². The summed E-state index contributed by atoms with van der Waals surface area (Å²) in [5, 5.41) is 8.59. The molecule has 0 spiro atoms. The number of rotatable bonds is 4. The fourth-order valence-corrected chi connectivity index (χ4v) is 1.60. The molecule has 0 aliphatic rings. The first-order chi connectivity index (χ1) is 5.70. The normalized spacial score (nSPS) is 15.9. The highest BCUT2D eigenvalue weighted by Gasteiger charge is 2.37. The number of halogens is 1. The third-order valence-electron chi connectivity index (χ3n) is 2.63. The van der Waals surface area contributed by atoms with E-state index in [9.17, 15) is 4.39 Å². The van der Waals surface area contributed by atoms with Crippen LogP contribution < -0.4 is 0 Å². The van der Waals surface area contributed by atoms with E-state index in [2.05, 4.69) is 33.9 Å². The molecule has 0 radical (unpaired) electrons. The van der Waals surface area contributed by atoms with Gasteiger partial charge in [0.05, 0.1) is 13.2 Å². The Morgan fingerprint density at radius 1 is 1.38 bits per heavy atom. The van der Waals surface area contributed by atoms with Gasteiger partial charge in [-0.15, -0.1) is 0 Å². The van der Waals surface area contributed by atoms with Gasteiger partial charge in [-0.25, -0.2) is 4.39 Å². The lowest BCUT2D eigenvalue weighted by molar-refractivity contribution is 0.116. The van der Waals surface area contributed by atoms with Crippen molar-refractivity contribution >= 4 is 8.32 Å². The molecule has 0 aromatic carbocycles. The molecule has 0 bridgehead atoms. The van der Waals surface area contributed by atoms with Gasteiger partial charge in [-0.1, -0.05) is 20.8 Å². The van der Waals surface area contributed by atoms with Gasteiger partial charge in [0.2, 0.25) is 0 Å². The number of hydrogen-bond acceptors (Lipinski definition) is 2. The summed E-state index contributed by atoms with van der Waals surface area (Å²) in [4.78, 5) is 0. The maximum Gasteiger partial charge on any atom is 0.192 e. The Labute approximate surface area is 81.2 Å². The molecule has 0 heterocycles. The molecule has 0 aromatic heterocycles. The van der Waals surface area contributed by atoms with Crippen LogP contribution in [0.15, 0.2) is 0 Å². The summed E-state index contributed by atoms with van der Waals surface area (Å²) in [6, 6.07) is 0. The van der Waals surface area contributed by atoms with Gasteiger partial charge in [0.15, 0.2) is 8.32 Å². The van der Waals surface area contributed by atoms with Gasteiger partial charge < -0.3 is 9.53 Å². The van der Waals surface area contributed by atoms with Crippen molar-refractivity contribution < 1.29 is 13.9 Å². The van der Waals surface area contributed by atoms with Crippen LogP contribution in [0.3, 0.4) is 0 Å². The predicted molar refractivity (Wildman–Crippen MR) is 55.1 cm³/mol. The smallest absolute Gasteiger partial charge is 0.192 e. The number of aliphatic hydroxyl groups is 1. The standard InChI is InChI=1S/C9H21FO2Si/c1-9(2,3)13(4,5)12-7-8(10)6-11/h8,11H,6-7H2,1-5H3. The number of aliphatic hydroxyl groups excluding tert-OH is 1. The molecule has 0 saturated carbocycles. The van der Waals surface area contributed by atoms with Gasteiger partial charge in [0, 0.05) is 0 Å². The summed E-state index contributed by atoms with van der Waals surface area (Å²) < 4.78 is 18.2. The van der Waals surface area contributed by atoms with Gasteiger partial charge in [-0.2, -0.15) is 0 Å². The number of alkyl halides is 1. The summed E-state index contributed by atoms with van der Waals surface area (Å²) in [6.45, 7) is 10.0. The lowest BCUT2D eigenvalue weighted by atomic mass is 10.2. The van der Waals surface area contributed by atoms with Crippen LogP contribution in [-0.4, -0.2) is 32.8 Å². The van der Waals surface area contributed by atoms with Crippen LogP contribution >= 0.6 is 0 Å². The van der Waals surface area contributed by atoms with Gasteiger partial charge in [-0.3, -0.25) is 0 Å². The molecule has 1 unspecified atom stereocenters. The average molecular weight is 208 g/mol. The first-order valence-corrected chi connectivity index (χ1v) is 7.50. The summed E-state index contributed by atoms with van der Waals surface area (Å²) in [5.74, 6) is 0. The van der Waals surface area contributed by atoms with Crippen molar-refractivity contribution in [3.8, 4) is 0 Å². The molecule has 13 heavy (non-hydrogen) atoms. The van der Waals surface area contributed by atoms with Crippen molar-refractivity contribution in [3.05, 3.63) is 0 Å². The van der Waals surface area contributed by atoms with E-state index in [1.165, 1.54) is 0 Å². The molecule has 0 saturated heterocycles. The topological polar surface area (TPSA) is 29.5 Å². The Hall–Kier alpha value is 0.0669. The van der Waals surface area contributed by atoms with Crippen LogP contribution in [0.2, 0.25) is 18.1 Å². The zero-order chi connectivity index (χ0) is 10.7. The Balaban J connectivity index is 4.04. The molecule has 4 heteroatoms. The Kier molecular flexibility index (Phi) is 4.55. The number of hydrogen-bond donors (Lipinski definition) is 1. The van der Waals surface area contributed by atoms with Crippen LogP contribution in [0.25, 0.3) is 0 Å². The minimum atomic E-state index is -1.84. The van der Waals surface area contributed by atoms with Gasteiger partial charge in [0.25, 0.3) is 0 Å². The predicted octanol–water partition coefficient (Wildman–Crippen LogP) is 2.34. The van der Waals surface area contributed by atoms with Crippen molar-refractivity contribution in [3.63, 3.8) is 0 Å². The molecule has 0 aliphatic carbocycles. The molecule has 80 valence electrons. The molecule has 0 fully saturated rings. The maximum atomic E-state index is 12.7. The SMILES string of the molecule is CC(C)(C)[Si](C)(C)OCC(F)CO. The minimum absolute atomic E-state index is 0.0208. The van der Waals surface area contributed by atoms with E-state index in [1.807, 2.05) is 0 Å². The monoisotopic (exact) mass is 208 g/mol. The summed E-state index contributed by atoms with van der Waals surface area (Å²) in [5.41, 5.74) is 0. The fraction of sp³-hybridized carbons (Fsp3) is 1.00. The highest BCUT2D eigenvalue weighted by molar-refractivity contribution is 6.74. The molecule has 2 nitrogen and oxygen atoms in total. The minimum Gasteiger partial charge on any atom is -0.414 e. The third-order valence-corrected chi connectivity index (χ3v) is 7.13. The van der Waals surface area contributed by atoms with Crippen molar-refractivity contribution in [1.29, 1.82) is 0 Å². The third kappa shape index (κ3) is 4.20. The molecule has 0 aromatic rings. The molecular formula is C9H21FO2Si. The lowest BCUT2D eigenvalue weighted by Gasteiger charge is -2.36. The van der Waals surface area contributed by atoms with Crippen molar-refractivity contribution in [1.82, 2.24) is 0 Å². The van der Waals surface area contributed by atoms with Crippen LogP contribution in [0.1, 0.15) is 20.8 Å². The molecular weight excluding hydrogens is 187 g/mol. The zero-order valence-corrected chi connectivity index (χ0v) is 10.2. The van der Waals surface area contributed by atoms with E-state index in [4.69, 9.17) is 9.53 Å². The molecule has 1 N–H and O–H groups in total. The van der Waals surface area contributed by atoms with E-state index in [1.54, 1.807) is 0 Å². The lowest BCUT2D eigenvalue weighted by Crippen LogP contribution is -2.42. The van der Waals surface area contributed by atoms with E-state index in [0.29, 0.717) is 0 Å². The fourth-order valence-electron chi connectivity index (χ4n) is 0.568. The highest BCUT2D eigenvalue weighted by atomic mass is 28.4. The largest absolute Gasteiger partial charge is 0.414 e.